The van der Waals surface area contributed by atoms with Crippen molar-refractivity contribution in [2.24, 2.45) is 10.1 Å². The van der Waals surface area contributed by atoms with Crippen LogP contribution in [0, 0.1) is 0 Å². The van der Waals surface area contributed by atoms with Gasteiger partial charge in [-0.1, -0.05) is 54.2 Å². The summed E-state index contributed by atoms with van der Waals surface area (Å²) < 4.78 is 10.3. The monoisotopic (exact) mass is 556 g/mol. The minimum absolute atomic E-state index is 0.0492. The number of amidine groups is 1. The van der Waals surface area contributed by atoms with Crippen LogP contribution in [0.2, 0.25) is 0 Å². The van der Waals surface area contributed by atoms with Gasteiger partial charge in [-0.3, -0.25) is 9.59 Å². The first kappa shape index (κ1) is 27.1. The topological polar surface area (TPSA) is 110 Å². The van der Waals surface area contributed by atoms with Crippen LogP contribution in [-0.4, -0.2) is 52.6 Å². The van der Waals surface area contributed by atoms with Crippen LogP contribution >= 0.6 is 11.8 Å². The molecular formula is C30H28N4O5S. The first-order valence-corrected chi connectivity index (χ1v) is 13.8. The predicted molar refractivity (Wildman–Crippen MR) is 155 cm³/mol. The van der Waals surface area contributed by atoms with E-state index in [0.717, 1.165) is 22.6 Å². The molecule has 40 heavy (non-hydrogen) atoms. The van der Waals surface area contributed by atoms with Crippen molar-refractivity contribution in [3.05, 3.63) is 95.6 Å². The number of thioether (sulfide) groups is 1. The van der Waals surface area contributed by atoms with Gasteiger partial charge in [0.25, 0.3) is 5.91 Å². The van der Waals surface area contributed by atoms with Crippen LogP contribution in [0.15, 0.2) is 89.0 Å². The van der Waals surface area contributed by atoms with Crippen molar-refractivity contribution in [2.45, 2.75) is 31.1 Å². The second-order valence-electron chi connectivity index (χ2n) is 9.14. The summed E-state index contributed by atoms with van der Waals surface area (Å²) in [4.78, 5) is 41.8. The molecule has 10 heteroatoms. The van der Waals surface area contributed by atoms with Gasteiger partial charge in [-0.15, -0.1) is 0 Å². The number of rotatable bonds is 8. The van der Waals surface area contributed by atoms with Crippen LogP contribution in [0.25, 0.3) is 0 Å². The number of hydrogen-bond donors (Lipinski definition) is 1. The maximum Gasteiger partial charge on any atom is 0.338 e. The SMILES string of the molecule is CCOC(=O)c1ccc(NC(=O)C[C@H]2SC(N3N=C(c4ccccc4)C[C@@H]3c3ccc(OC)cc3)=NC2=O)cc1. The maximum atomic E-state index is 12.9. The predicted octanol–water partition coefficient (Wildman–Crippen LogP) is 5.05. The summed E-state index contributed by atoms with van der Waals surface area (Å²) in [5.41, 5.74) is 3.82. The van der Waals surface area contributed by atoms with Gasteiger partial charge in [-0.2, -0.15) is 10.1 Å². The van der Waals surface area contributed by atoms with Crippen molar-refractivity contribution in [2.75, 3.05) is 19.0 Å². The molecule has 3 aromatic rings. The summed E-state index contributed by atoms with van der Waals surface area (Å²) >= 11 is 1.24. The Morgan fingerprint density at radius 2 is 1.75 bits per heavy atom. The van der Waals surface area contributed by atoms with E-state index in [1.807, 2.05) is 54.6 Å². The molecule has 0 aliphatic carbocycles. The van der Waals surface area contributed by atoms with Gasteiger partial charge in [0.15, 0.2) is 5.17 Å². The molecular weight excluding hydrogens is 528 g/mol. The summed E-state index contributed by atoms with van der Waals surface area (Å²) in [5.74, 6) is -0.370. The molecule has 2 amide bonds. The molecule has 2 aliphatic rings. The van der Waals surface area contributed by atoms with Crippen LogP contribution < -0.4 is 10.1 Å². The fourth-order valence-corrected chi connectivity index (χ4v) is 5.53. The third-order valence-electron chi connectivity index (χ3n) is 6.49. The van der Waals surface area contributed by atoms with E-state index in [-0.39, 0.29) is 30.9 Å². The average molecular weight is 557 g/mol. The van der Waals surface area contributed by atoms with Crippen molar-refractivity contribution in [1.29, 1.82) is 0 Å². The summed E-state index contributed by atoms with van der Waals surface area (Å²) in [7, 11) is 1.62. The highest BCUT2D eigenvalue weighted by Gasteiger charge is 2.39. The van der Waals surface area contributed by atoms with E-state index in [1.165, 1.54) is 11.8 Å². The number of ether oxygens (including phenoxy) is 2. The number of amides is 2. The Morgan fingerprint density at radius 3 is 2.42 bits per heavy atom. The molecule has 2 aliphatic heterocycles. The van der Waals surface area contributed by atoms with E-state index >= 15 is 0 Å². The Kier molecular flexibility index (Phi) is 8.26. The van der Waals surface area contributed by atoms with Gasteiger partial charge in [0.05, 0.1) is 31.0 Å². The molecule has 2 atom stereocenters. The Bertz CT molecular complexity index is 1460. The van der Waals surface area contributed by atoms with Gasteiger partial charge < -0.3 is 14.8 Å². The van der Waals surface area contributed by atoms with Crippen LogP contribution in [-0.2, 0) is 14.3 Å². The van der Waals surface area contributed by atoms with Crippen molar-refractivity contribution in [3.63, 3.8) is 0 Å². The van der Waals surface area contributed by atoms with Crippen LogP contribution in [0.1, 0.15) is 47.3 Å². The number of nitrogens with one attached hydrogen (secondary N) is 1. The summed E-state index contributed by atoms with van der Waals surface area (Å²) in [6.07, 6.45) is 0.587. The summed E-state index contributed by atoms with van der Waals surface area (Å²) in [6.45, 7) is 2.02. The van der Waals surface area contributed by atoms with E-state index in [4.69, 9.17) is 14.6 Å². The average Bonchev–Trinajstić information content (AvgIpc) is 3.58. The fraction of sp³-hybridized carbons (Fsp3) is 0.233. The van der Waals surface area contributed by atoms with E-state index in [0.29, 0.717) is 22.8 Å². The van der Waals surface area contributed by atoms with Crippen LogP contribution in [0.4, 0.5) is 5.69 Å². The lowest BCUT2D eigenvalue weighted by Crippen LogP contribution is -2.25. The number of hydrogen-bond acceptors (Lipinski definition) is 8. The first-order valence-electron chi connectivity index (χ1n) is 12.9. The van der Waals surface area contributed by atoms with E-state index < -0.39 is 11.2 Å². The van der Waals surface area contributed by atoms with Gasteiger partial charge in [-0.25, -0.2) is 9.80 Å². The third kappa shape index (κ3) is 6.07. The van der Waals surface area contributed by atoms with Crippen molar-refractivity contribution in [3.8, 4) is 5.75 Å². The molecule has 204 valence electrons. The minimum atomic E-state index is -0.665. The molecule has 0 saturated heterocycles. The highest BCUT2D eigenvalue weighted by Crippen LogP contribution is 2.39. The Labute approximate surface area is 236 Å². The lowest BCUT2D eigenvalue weighted by atomic mass is 9.98. The van der Waals surface area contributed by atoms with Gasteiger partial charge in [0.2, 0.25) is 5.91 Å². The Balaban J connectivity index is 1.28. The number of esters is 1. The van der Waals surface area contributed by atoms with Crippen LogP contribution in [0.3, 0.4) is 0 Å². The first-order chi connectivity index (χ1) is 19.4. The largest absolute Gasteiger partial charge is 0.497 e. The molecule has 5 rings (SSSR count). The molecule has 0 bridgehead atoms. The number of carbonyl (C=O) groups is 3. The number of carbonyl (C=O) groups excluding carboxylic acids is 3. The number of hydrazone groups is 1. The number of anilines is 1. The van der Waals surface area contributed by atoms with Crippen molar-refractivity contribution >= 4 is 46.1 Å². The highest BCUT2D eigenvalue weighted by atomic mass is 32.2. The van der Waals surface area contributed by atoms with Crippen molar-refractivity contribution in [1.82, 2.24) is 5.01 Å². The van der Waals surface area contributed by atoms with Gasteiger partial charge in [-0.05, 0) is 54.4 Å². The number of nitrogens with zero attached hydrogens (tertiary/aromatic N) is 3. The highest BCUT2D eigenvalue weighted by molar-refractivity contribution is 8.15. The van der Waals surface area contributed by atoms with Crippen LogP contribution in [0.5, 0.6) is 5.75 Å². The van der Waals surface area contributed by atoms with Gasteiger partial charge >= 0.3 is 5.97 Å². The quantitative estimate of drug-likeness (QED) is 0.387. The number of methoxy groups -OCH3 is 1. The molecule has 0 aromatic heterocycles. The van der Waals surface area contributed by atoms with E-state index in [1.54, 1.807) is 43.3 Å². The second kappa shape index (κ2) is 12.2. The lowest BCUT2D eigenvalue weighted by molar-refractivity contribution is -0.121. The molecule has 3 aromatic carbocycles. The molecule has 1 N–H and O–H groups in total. The van der Waals surface area contributed by atoms with Crippen molar-refractivity contribution < 1.29 is 23.9 Å². The molecule has 9 nitrogen and oxygen atoms in total. The number of benzene rings is 3. The second-order valence-corrected chi connectivity index (χ2v) is 10.3. The minimum Gasteiger partial charge on any atom is -0.497 e. The molecule has 2 heterocycles. The smallest absolute Gasteiger partial charge is 0.338 e. The fourth-order valence-electron chi connectivity index (χ4n) is 4.47. The third-order valence-corrected chi connectivity index (χ3v) is 7.64. The maximum absolute atomic E-state index is 12.9. The van der Waals surface area contributed by atoms with E-state index in [9.17, 15) is 14.4 Å². The zero-order chi connectivity index (χ0) is 28.1. The molecule has 0 radical (unpaired) electrons. The number of aliphatic imine (C=N–C) groups is 1. The van der Waals surface area contributed by atoms with E-state index in [2.05, 4.69) is 10.3 Å². The van der Waals surface area contributed by atoms with Gasteiger partial charge in [0.1, 0.15) is 11.0 Å². The molecule has 0 unspecified atom stereocenters. The lowest BCUT2D eigenvalue weighted by Gasteiger charge is -2.23. The standard InChI is InChI=1S/C30H28N4O5S/c1-3-39-29(37)21-9-13-22(14-10-21)31-27(35)18-26-28(36)32-30(40-26)34-25(20-11-15-23(38-2)16-12-20)17-24(33-34)19-7-5-4-6-8-19/h4-16,25-26H,3,17-18H2,1-2H3,(H,31,35)/t25-,26-/m1/s1. The summed E-state index contributed by atoms with van der Waals surface area (Å²) in [5, 5.41) is 9.24. The Morgan fingerprint density at radius 1 is 1.02 bits per heavy atom. The summed E-state index contributed by atoms with van der Waals surface area (Å²) in [6, 6.07) is 23.9. The normalized spacial score (nSPS) is 18.2. The zero-order valence-electron chi connectivity index (χ0n) is 22.1. The molecule has 0 spiro atoms. The molecule has 0 saturated carbocycles. The van der Waals surface area contributed by atoms with Gasteiger partial charge in [0, 0.05) is 18.5 Å². The molecule has 0 fully saturated rings. The Hall–Kier alpha value is -4.44. The zero-order valence-corrected chi connectivity index (χ0v) is 22.9.